The number of hydrogen-bond donors (Lipinski definition) is 0. The van der Waals surface area contributed by atoms with E-state index in [1.54, 1.807) is 0 Å². The van der Waals surface area contributed by atoms with Gasteiger partial charge in [-0.15, -0.1) is 0 Å². The highest BCUT2D eigenvalue weighted by atomic mass is 28.4. The first kappa shape index (κ1) is 32.0. The van der Waals surface area contributed by atoms with Crippen LogP contribution in [0, 0.1) is 11.8 Å². The van der Waals surface area contributed by atoms with E-state index in [2.05, 4.69) is 81.6 Å². The van der Waals surface area contributed by atoms with Gasteiger partial charge in [0, 0.05) is 6.42 Å². The number of rotatable bonds is 11. The van der Waals surface area contributed by atoms with Crippen molar-refractivity contribution in [2.75, 3.05) is 6.61 Å². The highest BCUT2D eigenvalue weighted by Gasteiger charge is 2.48. The van der Waals surface area contributed by atoms with Crippen molar-refractivity contribution in [1.29, 1.82) is 0 Å². The van der Waals surface area contributed by atoms with E-state index in [0.717, 1.165) is 25.7 Å². The van der Waals surface area contributed by atoms with Gasteiger partial charge in [0.25, 0.3) is 0 Å². The Morgan fingerprint density at radius 3 is 1.97 bits per heavy atom. The molecule has 212 valence electrons. The van der Waals surface area contributed by atoms with Crippen LogP contribution in [0.2, 0.25) is 36.3 Å². The molecule has 1 heterocycles. The summed E-state index contributed by atoms with van der Waals surface area (Å²) in [4.78, 5) is 12.0. The van der Waals surface area contributed by atoms with Crippen molar-refractivity contribution in [3.05, 3.63) is 0 Å². The van der Waals surface area contributed by atoms with Crippen LogP contribution in [-0.4, -0.2) is 59.9 Å². The predicted octanol–water partition coefficient (Wildman–Crippen LogP) is 7.29. The Labute approximate surface area is 223 Å². The molecule has 1 aliphatic heterocycles. The van der Waals surface area contributed by atoms with Gasteiger partial charge < -0.3 is 23.1 Å². The summed E-state index contributed by atoms with van der Waals surface area (Å²) in [7, 11) is -4.00. The molecule has 8 heteroatoms. The molecule has 0 bridgehead atoms. The molecule has 7 atom stereocenters. The minimum Gasteiger partial charge on any atom is -0.466 e. The molecule has 0 aromatic heterocycles. The third-order valence-corrected chi connectivity index (χ3v) is 18.0. The van der Waals surface area contributed by atoms with Crippen LogP contribution < -0.4 is 0 Å². The van der Waals surface area contributed by atoms with Gasteiger partial charge in [-0.3, -0.25) is 4.79 Å². The fourth-order valence-electron chi connectivity index (χ4n) is 4.25. The molecule has 0 aromatic carbocycles. The highest BCUT2D eigenvalue weighted by molar-refractivity contribution is 6.74. The van der Waals surface area contributed by atoms with Crippen LogP contribution >= 0.6 is 0 Å². The van der Waals surface area contributed by atoms with Gasteiger partial charge in [0.1, 0.15) is 0 Å². The number of hydrogen-bond acceptors (Lipinski definition) is 6. The Balaban J connectivity index is 2.07. The van der Waals surface area contributed by atoms with Crippen LogP contribution in [0.25, 0.3) is 0 Å². The van der Waals surface area contributed by atoms with Crippen LogP contribution in [0.1, 0.15) is 88.0 Å². The molecule has 0 radical (unpaired) electrons. The SMILES string of the molecule is CCOC(=O)C1CC1CC[C@@H](C)O[C@@H]1O[C@@H](C)[C@H](O[Si](C)(C)C(C)(C)C)C[C@H]1O[Si](C)(C)C(C)(C)C. The Morgan fingerprint density at radius 1 is 0.944 bits per heavy atom. The predicted molar refractivity (Wildman–Crippen MR) is 151 cm³/mol. The minimum atomic E-state index is -2.04. The Bertz CT molecular complexity index is 727. The summed E-state index contributed by atoms with van der Waals surface area (Å²) in [5.74, 6) is 0.449. The molecule has 0 amide bonds. The second-order valence-corrected chi connectivity index (χ2v) is 23.7. The monoisotopic (exact) mass is 544 g/mol. The summed E-state index contributed by atoms with van der Waals surface area (Å²) in [6, 6.07) is 0. The lowest BCUT2D eigenvalue weighted by Crippen LogP contribution is -2.57. The van der Waals surface area contributed by atoms with E-state index < -0.39 is 22.9 Å². The van der Waals surface area contributed by atoms with Crippen LogP contribution in [0.5, 0.6) is 0 Å². The molecule has 0 aromatic rings. The van der Waals surface area contributed by atoms with Gasteiger partial charge in [-0.25, -0.2) is 0 Å². The van der Waals surface area contributed by atoms with Gasteiger partial charge in [-0.05, 0) is 82.2 Å². The van der Waals surface area contributed by atoms with E-state index in [9.17, 15) is 4.79 Å². The second-order valence-electron chi connectivity index (χ2n) is 14.2. The van der Waals surface area contributed by atoms with Gasteiger partial charge in [-0.2, -0.15) is 0 Å². The molecule has 2 fully saturated rings. The lowest BCUT2D eigenvalue weighted by Gasteiger charge is -2.48. The lowest BCUT2D eigenvalue weighted by atomic mass is 10.0. The number of esters is 1. The maximum atomic E-state index is 12.0. The van der Waals surface area contributed by atoms with Crippen LogP contribution in [-0.2, 0) is 27.9 Å². The highest BCUT2D eigenvalue weighted by Crippen LogP contribution is 2.44. The maximum Gasteiger partial charge on any atom is 0.309 e. The van der Waals surface area contributed by atoms with E-state index in [4.69, 9.17) is 23.1 Å². The third kappa shape index (κ3) is 8.37. The van der Waals surface area contributed by atoms with Crippen molar-refractivity contribution < 1.29 is 27.9 Å². The zero-order valence-corrected chi connectivity index (χ0v) is 27.5. The van der Waals surface area contributed by atoms with Crippen LogP contribution in [0.3, 0.4) is 0 Å². The van der Waals surface area contributed by atoms with Crippen molar-refractivity contribution in [3.63, 3.8) is 0 Å². The van der Waals surface area contributed by atoms with E-state index in [-0.39, 0.29) is 46.4 Å². The molecule has 2 unspecified atom stereocenters. The summed E-state index contributed by atoms with van der Waals surface area (Å²) >= 11 is 0. The average molecular weight is 545 g/mol. The maximum absolute atomic E-state index is 12.0. The van der Waals surface area contributed by atoms with Gasteiger partial charge in [0.05, 0.1) is 36.9 Å². The summed E-state index contributed by atoms with van der Waals surface area (Å²) in [6.45, 7) is 29.3. The molecule has 2 aliphatic rings. The fourth-order valence-corrected chi connectivity index (χ4v) is 6.96. The molecule has 0 spiro atoms. The molecule has 2 rings (SSSR count). The molecular weight excluding hydrogens is 488 g/mol. The smallest absolute Gasteiger partial charge is 0.309 e. The van der Waals surface area contributed by atoms with Gasteiger partial charge in [0.2, 0.25) is 0 Å². The Morgan fingerprint density at radius 2 is 1.47 bits per heavy atom. The summed E-state index contributed by atoms with van der Waals surface area (Å²) in [6.07, 6.45) is 2.96. The topological polar surface area (TPSA) is 63.2 Å². The Kier molecular flexibility index (Phi) is 10.5. The standard InChI is InChI=1S/C28H56O6Si2/c1-14-30-25(29)22-17-21(22)16-15-19(2)31-26-24(34-36(12,13)28(7,8)9)18-23(20(3)32-26)33-35(10,11)27(4,5)6/h19-24,26H,14-18H2,1-13H3/t19-,20+,21?,22?,23-,24-,26-/m1/s1. The first-order chi connectivity index (χ1) is 16.3. The van der Waals surface area contributed by atoms with Crippen LogP contribution in [0.4, 0.5) is 0 Å². The minimum absolute atomic E-state index is 0.00684. The molecular formula is C28H56O6Si2. The lowest BCUT2D eigenvalue weighted by molar-refractivity contribution is -0.268. The summed E-state index contributed by atoms with van der Waals surface area (Å²) < 4.78 is 31.9. The summed E-state index contributed by atoms with van der Waals surface area (Å²) in [5, 5.41) is 0.227. The zero-order chi connectivity index (χ0) is 27.7. The number of carbonyl (C=O) groups excluding carboxylic acids is 1. The average Bonchev–Trinajstić information content (AvgIpc) is 3.48. The first-order valence-electron chi connectivity index (χ1n) is 14.1. The number of ether oxygens (including phenoxy) is 3. The van der Waals surface area contributed by atoms with Gasteiger partial charge in [0.15, 0.2) is 22.9 Å². The van der Waals surface area contributed by atoms with E-state index in [1.165, 1.54) is 0 Å². The van der Waals surface area contributed by atoms with E-state index in [1.807, 2.05) is 6.92 Å². The first-order valence-corrected chi connectivity index (χ1v) is 19.9. The largest absolute Gasteiger partial charge is 0.466 e. The summed E-state index contributed by atoms with van der Waals surface area (Å²) in [5.41, 5.74) is 0. The molecule has 1 saturated heterocycles. The van der Waals surface area contributed by atoms with Crippen molar-refractivity contribution in [1.82, 2.24) is 0 Å². The van der Waals surface area contributed by atoms with E-state index in [0.29, 0.717) is 12.5 Å². The van der Waals surface area contributed by atoms with Crippen molar-refractivity contribution >= 4 is 22.6 Å². The van der Waals surface area contributed by atoms with Gasteiger partial charge >= 0.3 is 5.97 Å². The van der Waals surface area contributed by atoms with Crippen molar-refractivity contribution in [2.45, 2.75) is 155 Å². The van der Waals surface area contributed by atoms with Gasteiger partial charge in [-0.1, -0.05) is 41.5 Å². The molecule has 0 N–H and O–H groups in total. The van der Waals surface area contributed by atoms with E-state index >= 15 is 0 Å². The zero-order valence-electron chi connectivity index (χ0n) is 25.5. The normalized spacial score (nSPS) is 30.7. The second kappa shape index (κ2) is 11.9. The molecule has 1 aliphatic carbocycles. The molecule has 1 saturated carbocycles. The third-order valence-electron chi connectivity index (χ3n) is 8.97. The fraction of sp³-hybridized carbons (Fsp3) is 0.964. The molecule has 36 heavy (non-hydrogen) atoms. The van der Waals surface area contributed by atoms with Crippen molar-refractivity contribution in [2.24, 2.45) is 11.8 Å². The van der Waals surface area contributed by atoms with Crippen molar-refractivity contribution in [3.8, 4) is 0 Å². The Hall–Kier alpha value is -0.256. The number of carbonyl (C=O) groups is 1. The molecule has 6 nitrogen and oxygen atoms in total. The quantitative estimate of drug-likeness (QED) is 0.201. The van der Waals surface area contributed by atoms with Crippen LogP contribution in [0.15, 0.2) is 0 Å².